The van der Waals surface area contributed by atoms with Gasteiger partial charge in [0.05, 0.1) is 11.1 Å². The molecule has 1 aromatic carbocycles. The van der Waals surface area contributed by atoms with E-state index >= 15 is 0 Å². The molecule has 0 aliphatic carbocycles. The second kappa shape index (κ2) is 9.75. The van der Waals surface area contributed by atoms with Crippen LogP contribution in [0.5, 0.6) is 0 Å². The third-order valence-corrected chi connectivity index (χ3v) is 5.85. The minimum Gasteiger partial charge on any atom is -0.478 e. The molecule has 0 saturated carbocycles. The molecule has 2 unspecified atom stereocenters. The number of carboxylic acid groups (broad SMARTS) is 2. The summed E-state index contributed by atoms with van der Waals surface area (Å²) in [6, 6.07) is 3.27. The molecule has 0 radical (unpaired) electrons. The predicted molar refractivity (Wildman–Crippen MR) is 105 cm³/mol. The second-order valence-corrected chi connectivity index (χ2v) is 8.26. The van der Waals surface area contributed by atoms with Gasteiger partial charge < -0.3 is 10.2 Å². The van der Waals surface area contributed by atoms with Crippen LogP contribution in [0.25, 0.3) is 0 Å². The van der Waals surface area contributed by atoms with Gasteiger partial charge in [-0.15, -0.1) is 0 Å². The fourth-order valence-electron chi connectivity index (χ4n) is 3.06. The number of hydrogen-bond acceptors (Lipinski definition) is 2. The van der Waals surface area contributed by atoms with E-state index in [1.165, 1.54) is 6.07 Å². The Morgan fingerprint density at radius 1 is 0.808 bits per heavy atom. The molecule has 0 saturated heterocycles. The minimum atomic E-state index is -1.18. The maximum Gasteiger partial charge on any atom is 0.336 e. The third kappa shape index (κ3) is 5.86. The summed E-state index contributed by atoms with van der Waals surface area (Å²) in [6.45, 7) is 13.0. The lowest BCUT2D eigenvalue weighted by Crippen LogP contribution is -2.16. The van der Waals surface area contributed by atoms with Crippen molar-refractivity contribution >= 4 is 11.9 Å². The lowest BCUT2D eigenvalue weighted by atomic mass is 9.84. The smallest absolute Gasteiger partial charge is 0.336 e. The Morgan fingerprint density at radius 3 is 1.73 bits per heavy atom. The van der Waals surface area contributed by atoms with E-state index in [-0.39, 0.29) is 11.1 Å². The third-order valence-electron chi connectivity index (χ3n) is 5.85. The zero-order valence-corrected chi connectivity index (χ0v) is 17.0. The molecule has 0 aliphatic heterocycles. The molecule has 4 heteroatoms. The molecule has 0 spiro atoms. The highest BCUT2D eigenvalue weighted by Crippen LogP contribution is 2.27. The normalized spacial score (nSPS) is 13.8. The number of carboxylic acids is 2. The van der Waals surface area contributed by atoms with Gasteiger partial charge in [0.15, 0.2) is 0 Å². The second-order valence-electron chi connectivity index (χ2n) is 8.26. The molecule has 0 amide bonds. The van der Waals surface area contributed by atoms with Crippen LogP contribution >= 0.6 is 0 Å². The van der Waals surface area contributed by atoms with E-state index in [9.17, 15) is 19.8 Å². The van der Waals surface area contributed by atoms with E-state index in [0.29, 0.717) is 35.7 Å². The molecule has 26 heavy (non-hydrogen) atoms. The summed E-state index contributed by atoms with van der Waals surface area (Å²) in [6.07, 6.45) is 3.21. The monoisotopic (exact) mass is 362 g/mol. The zero-order chi connectivity index (χ0) is 20.0. The van der Waals surface area contributed by atoms with Gasteiger partial charge >= 0.3 is 11.9 Å². The molecule has 0 fully saturated rings. The molecule has 0 bridgehead atoms. The van der Waals surface area contributed by atoms with Crippen molar-refractivity contribution in [1.29, 1.82) is 0 Å². The van der Waals surface area contributed by atoms with E-state index < -0.39 is 11.9 Å². The minimum absolute atomic E-state index is 0.0249. The molecule has 4 nitrogen and oxygen atoms in total. The SMILES string of the molecule is CC(C)C(C)CCc1ccc(C(=O)O)c(C(=O)O)c1CCC(C)C(C)C. The molecule has 1 aromatic rings. The van der Waals surface area contributed by atoms with E-state index in [4.69, 9.17) is 0 Å². The van der Waals surface area contributed by atoms with Crippen LogP contribution in [0.3, 0.4) is 0 Å². The van der Waals surface area contributed by atoms with Gasteiger partial charge in [0.1, 0.15) is 0 Å². The van der Waals surface area contributed by atoms with Crippen LogP contribution in [-0.4, -0.2) is 22.2 Å². The maximum absolute atomic E-state index is 11.9. The van der Waals surface area contributed by atoms with Gasteiger partial charge in [-0.05, 0) is 66.5 Å². The van der Waals surface area contributed by atoms with Crippen LogP contribution in [0.15, 0.2) is 12.1 Å². The predicted octanol–water partition coefficient (Wildman–Crippen LogP) is 5.53. The summed E-state index contributed by atoms with van der Waals surface area (Å²) < 4.78 is 0. The number of rotatable bonds is 10. The maximum atomic E-state index is 11.9. The standard InChI is InChI=1S/C22H34O4/c1-13(2)15(5)7-9-17-10-12-19(21(23)24)20(22(25)26)18(17)11-8-16(6)14(3)4/h10,12-16H,7-9,11H2,1-6H3,(H,23,24)(H,25,26). The topological polar surface area (TPSA) is 74.6 Å². The number of benzene rings is 1. The molecule has 0 aromatic heterocycles. The molecule has 2 N–H and O–H groups in total. The number of hydrogen-bond donors (Lipinski definition) is 2. The Balaban J connectivity index is 3.28. The largest absolute Gasteiger partial charge is 0.478 e. The summed E-state index contributed by atoms with van der Waals surface area (Å²) in [5, 5.41) is 19.1. The highest BCUT2D eigenvalue weighted by Gasteiger charge is 2.23. The first-order chi connectivity index (χ1) is 12.1. The molecular weight excluding hydrogens is 328 g/mol. The highest BCUT2D eigenvalue weighted by atomic mass is 16.4. The summed E-state index contributed by atoms with van der Waals surface area (Å²) in [7, 11) is 0. The first-order valence-corrected chi connectivity index (χ1v) is 9.67. The van der Waals surface area contributed by atoms with Crippen molar-refractivity contribution in [3.05, 3.63) is 34.4 Å². The Kier molecular flexibility index (Phi) is 8.32. The van der Waals surface area contributed by atoms with Crippen molar-refractivity contribution < 1.29 is 19.8 Å². The lowest BCUT2D eigenvalue weighted by molar-refractivity contribution is 0.0650. The van der Waals surface area contributed by atoms with E-state index in [2.05, 4.69) is 41.5 Å². The first-order valence-electron chi connectivity index (χ1n) is 9.67. The number of aromatic carboxylic acids is 2. The Bertz CT molecular complexity index is 631. The van der Waals surface area contributed by atoms with Crippen LogP contribution in [0.1, 0.15) is 86.2 Å². The van der Waals surface area contributed by atoms with Gasteiger partial charge in [0, 0.05) is 0 Å². The highest BCUT2D eigenvalue weighted by molar-refractivity contribution is 6.03. The van der Waals surface area contributed by atoms with Crippen LogP contribution in [-0.2, 0) is 12.8 Å². The summed E-state index contributed by atoms with van der Waals surface area (Å²) >= 11 is 0. The van der Waals surface area contributed by atoms with E-state index in [1.807, 2.05) is 6.07 Å². The van der Waals surface area contributed by atoms with Crippen molar-refractivity contribution in [2.24, 2.45) is 23.7 Å². The van der Waals surface area contributed by atoms with Gasteiger partial charge in [-0.3, -0.25) is 0 Å². The molecule has 0 heterocycles. The zero-order valence-electron chi connectivity index (χ0n) is 17.0. The molecule has 1 rings (SSSR count). The fraction of sp³-hybridized carbons (Fsp3) is 0.636. The quantitative estimate of drug-likeness (QED) is 0.573. The fourth-order valence-corrected chi connectivity index (χ4v) is 3.06. The number of carbonyl (C=O) groups is 2. The lowest BCUT2D eigenvalue weighted by Gasteiger charge is -2.21. The number of aryl methyl sites for hydroxylation is 1. The van der Waals surface area contributed by atoms with E-state index in [0.717, 1.165) is 24.8 Å². The van der Waals surface area contributed by atoms with Gasteiger partial charge in [0.25, 0.3) is 0 Å². The van der Waals surface area contributed by atoms with Crippen molar-refractivity contribution in [3.63, 3.8) is 0 Å². The van der Waals surface area contributed by atoms with Crippen LogP contribution in [0.2, 0.25) is 0 Å². The van der Waals surface area contributed by atoms with Crippen LogP contribution in [0, 0.1) is 23.7 Å². The first kappa shape index (κ1) is 22.2. The van der Waals surface area contributed by atoms with Gasteiger partial charge in [-0.2, -0.15) is 0 Å². The van der Waals surface area contributed by atoms with Crippen molar-refractivity contribution in [1.82, 2.24) is 0 Å². The van der Waals surface area contributed by atoms with Crippen molar-refractivity contribution in [2.45, 2.75) is 67.2 Å². The molecular formula is C22H34O4. The summed E-state index contributed by atoms with van der Waals surface area (Å²) in [5.74, 6) is -0.263. The average Bonchev–Trinajstić information content (AvgIpc) is 2.56. The Hall–Kier alpha value is -1.84. The Labute approximate surface area is 157 Å². The van der Waals surface area contributed by atoms with Crippen molar-refractivity contribution in [2.75, 3.05) is 0 Å². The average molecular weight is 363 g/mol. The summed E-state index contributed by atoms with van der Waals surface area (Å²) in [5.41, 5.74) is 1.56. The molecule has 146 valence electrons. The van der Waals surface area contributed by atoms with Gasteiger partial charge in [-0.25, -0.2) is 9.59 Å². The van der Waals surface area contributed by atoms with Crippen molar-refractivity contribution in [3.8, 4) is 0 Å². The van der Waals surface area contributed by atoms with Gasteiger partial charge in [0.2, 0.25) is 0 Å². The summed E-state index contributed by atoms with van der Waals surface area (Å²) in [4.78, 5) is 23.4. The van der Waals surface area contributed by atoms with Gasteiger partial charge in [-0.1, -0.05) is 47.6 Å². The molecule has 2 atom stereocenters. The van der Waals surface area contributed by atoms with E-state index in [1.54, 1.807) is 0 Å². The molecule has 0 aliphatic rings. The Morgan fingerprint density at radius 2 is 1.31 bits per heavy atom. The van der Waals surface area contributed by atoms with Crippen LogP contribution < -0.4 is 0 Å². The van der Waals surface area contributed by atoms with Crippen LogP contribution in [0.4, 0.5) is 0 Å².